The van der Waals surface area contributed by atoms with Crippen molar-refractivity contribution in [3.63, 3.8) is 0 Å². The molecule has 24 heavy (non-hydrogen) atoms. The third-order valence-corrected chi connectivity index (χ3v) is 4.36. The predicted octanol–water partition coefficient (Wildman–Crippen LogP) is 4.49. The van der Waals surface area contributed by atoms with Crippen LogP contribution in [0, 0.1) is 0 Å². The second kappa shape index (κ2) is 7.84. The van der Waals surface area contributed by atoms with Crippen molar-refractivity contribution in [2.24, 2.45) is 0 Å². The monoisotopic (exact) mass is 337 g/mol. The summed E-state index contributed by atoms with van der Waals surface area (Å²) in [6, 6.07) is 18.4. The van der Waals surface area contributed by atoms with Crippen molar-refractivity contribution in [2.45, 2.75) is 11.4 Å². The van der Waals surface area contributed by atoms with Crippen LogP contribution in [0.1, 0.15) is 5.56 Å². The molecule has 0 fully saturated rings. The first-order valence-electron chi connectivity index (χ1n) is 7.63. The van der Waals surface area contributed by atoms with Crippen LogP contribution in [-0.2, 0) is 6.54 Å². The van der Waals surface area contributed by atoms with Gasteiger partial charge < -0.3 is 10.1 Å². The number of anilines is 1. The highest BCUT2D eigenvalue weighted by Crippen LogP contribution is 2.28. The zero-order valence-corrected chi connectivity index (χ0v) is 14.5. The lowest BCUT2D eigenvalue weighted by Gasteiger charge is -2.11. The normalized spacial score (nSPS) is 10.4. The Hall–Kier alpha value is -2.53. The maximum atomic E-state index is 5.37. The zero-order chi connectivity index (χ0) is 16.8. The van der Waals surface area contributed by atoms with E-state index in [2.05, 4.69) is 45.8 Å². The Labute approximate surface area is 146 Å². The summed E-state index contributed by atoms with van der Waals surface area (Å²) in [6.45, 7) is 0.701. The molecule has 2 aromatic carbocycles. The lowest BCUT2D eigenvalue weighted by atomic mass is 10.1. The molecule has 0 aliphatic rings. The number of methoxy groups -OCH3 is 1. The van der Waals surface area contributed by atoms with E-state index in [1.807, 2.05) is 30.3 Å². The molecule has 0 aliphatic heterocycles. The van der Waals surface area contributed by atoms with E-state index in [4.69, 9.17) is 4.74 Å². The van der Waals surface area contributed by atoms with Gasteiger partial charge in [-0.3, -0.25) is 0 Å². The second-order valence-corrected chi connectivity index (χ2v) is 6.06. The summed E-state index contributed by atoms with van der Waals surface area (Å²) in [7, 11) is 1.61. The summed E-state index contributed by atoms with van der Waals surface area (Å²) in [6.07, 6.45) is 3.76. The van der Waals surface area contributed by atoms with Gasteiger partial charge in [0, 0.05) is 17.0 Å². The first-order valence-corrected chi connectivity index (χ1v) is 8.86. The number of nitrogens with one attached hydrogen (secondary N) is 1. The molecule has 0 amide bonds. The van der Waals surface area contributed by atoms with Gasteiger partial charge in [0.2, 0.25) is 5.88 Å². The number of ether oxygens (including phenoxy) is 1. The van der Waals surface area contributed by atoms with Crippen LogP contribution in [0.3, 0.4) is 0 Å². The van der Waals surface area contributed by atoms with E-state index in [9.17, 15) is 0 Å². The van der Waals surface area contributed by atoms with Crippen LogP contribution in [-0.4, -0.2) is 23.3 Å². The maximum absolute atomic E-state index is 5.37. The van der Waals surface area contributed by atoms with Crippen molar-refractivity contribution in [3.8, 4) is 17.1 Å². The first kappa shape index (κ1) is 16.3. The van der Waals surface area contributed by atoms with Crippen molar-refractivity contribution in [1.29, 1.82) is 0 Å². The third-order valence-electron chi connectivity index (χ3n) is 3.61. The molecule has 0 aliphatic carbocycles. The van der Waals surface area contributed by atoms with Gasteiger partial charge in [0.25, 0.3) is 0 Å². The number of rotatable bonds is 6. The Morgan fingerprint density at radius 2 is 1.79 bits per heavy atom. The van der Waals surface area contributed by atoms with Crippen molar-refractivity contribution in [2.75, 3.05) is 18.7 Å². The van der Waals surface area contributed by atoms with Crippen LogP contribution in [0.15, 0.2) is 65.7 Å². The molecule has 3 aromatic rings. The largest absolute Gasteiger partial charge is 0.479 e. The maximum Gasteiger partial charge on any atom is 0.240 e. The lowest BCUT2D eigenvalue weighted by molar-refractivity contribution is 0.398. The molecular formula is C19H19N3OS. The van der Waals surface area contributed by atoms with Gasteiger partial charge in [0.1, 0.15) is 11.5 Å². The van der Waals surface area contributed by atoms with Crippen LogP contribution in [0.5, 0.6) is 5.88 Å². The number of benzene rings is 2. The molecular weight excluding hydrogens is 318 g/mol. The molecule has 0 spiro atoms. The molecule has 122 valence electrons. The number of hydrogen-bond acceptors (Lipinski definition) is 5. The van der Waals surface area contributed by atoms with Crippen LogP contribution < -0.4 is 10.1 Å². The SMILES string of the molecule is COc1ncc(NCc2ccccc2)nc1-c1ccc(SC)cc1. The molecule has 0 unspecified atom stereocenters. The van der Waals surface area contributed by atoms with Crippen LogP contribution in [0.25, 0.3) is 11.3 Å². The van der Waals surface area contributed by atoms with Crippen LogP contribution in [0.2, 0.25) is 0 Å². The van der Waals surface area contributed by atoms with Crippen molar-refractivity contribution in [1.82, 2.24) is 9.97 Å². The van der Waals surface area contributed by atoms with Crippen LogP contribution in [0.4, 0.5) is 5.82 Å². The Morgan fingerprint density at radius 1 is 1.04 bits per heavy atom. The molecule has 0 atom stereocenters. The molecule has 5 heteroatoms. The molecule has 1 N–H and O–H groups in total. The van der Waals surface area contributed by atoms with E-state index in [-0.39, 0.29) is 0 Å². The fraction of sp³-hybridized carbons (Fsp3) is 0.158. The lowest BCUT2D eigenvalue weighted by Crippen LogP contribution is -2.04. The summed E-state index contributed by atoms with van der Waals surface area (Å²) in [5, 5.41) is 3.31. The Morgan fingerprint density at radius 3 is 2.46 bits per heavy atom. The van der Waals surface area contributed by atoms with Gasteiger partial charge in [-0.1, -0.05) is 42.5 Å². The minimum atomic E-state index is 0.525. The minimum absolute atomic E-state index is 0.525. The average Bonchev–Trinajstić information content (AvgIpc) is 2.67. The molecule has 1 heterocycles. The average molecular weight is 337 g/mol. The minimum Gasteiger partial charge on any atom is -0.479 e. The van der Waals surface area contributed by atoms with E-state index in [1.54, 1.807) is 25.1 Å². The smallest absolute Gasteiger partial charge is 0.240 e. The number of hydrogen-bond donors (Lipinski definition) is 1. The van der Waals surface area contributed by atoms with Gasteiger partial charge in [-0.25, -0.2) is 9.97 Å². The molecule has 0 saturated heterocycles. The molecule has 1 aromatic heterocycles. The number of aromatic nitrogens is 2. The molecule has 4 nitrogen and oxygen atoms in total. The van der Waals surface area contributed by atoms with Gasteiger partial charge in [-0.05, 0) is 24.0 Å². The summed E-state index contributed by atoms with van der Waals surface area (Å²) < 4.78 is 5.37. The van der Waals surface area contributed by atoms with Gasteiger partial charge in [-0.2, -0.15) is 0 Å². The molecule has 0 saturated carbocycles. The van der Waals surface area contributed by atoms with E-state index in [0.717, 1.165) is 17.1 Å². The van der Waals surface area contributed by atoms with Crippen molar-refractivity contribution >= 4 is 17.6 Å². The topological polar surface area (TPSA) is 47.0 Å². The van der Waals surface area contributed by atoms with Gasteiger partial charge in [0.05, 0.1) is 13.3 Å². The van der Waals surface area contributed by atoms with Crippen molar-refractivity contribution < 1.29 is 4.74 Å². The predicted molar refractivity (Wildman–Crippen MR) is 99.6 cm³/mol. The first-order chi connectivity index (χ1) is 11.8. The molecule has 0 bridgehead atoms. The Kier molecular flexibility index (Phi) is 5.33. The zero-order valence-electron chi connectivity index (χ0n) is 13.7. The fourth-order valence-corrected chi connectivity index (χ4v) is 2.75. The highest BCUT2D eigenvalue weighted by molar-refractivity contribution is 7.98. The quantitative estimate of drug-likeness (QED) is 0.672. The summed E-state index contributed by atoms with van der Waals surface area (Å²) >= 11 is 1.71. The number of nitrogens with zero attached hydrogens (tertiary/aromatic N) is 2. The van der Waals surface area contributed by atoms with Crippen molar-refractivity contribution in [3.05, 3.63) is 66.4 Å². The Balaban J connectivity index is 1.84. The standard InChI is InChI=1S/C19H19N3OS/c1-23-19-18(15-8-10-16(24-2)11-9-15)22-17(13-21-19)20-12-14-6-4-3-5-7-14/h3-11,13H,12H2,1-2H3,(H,20,22). The molecule has 0 radical (unpaired) electrons. The van der Waals surface area contributed by atoms with Gasteiger partial charge >= 0.3 is 0 Å². The highest BCUT2D eigenvalue weighted by Gasteiger charge is 2.11. The Bertz CT molecular complexity index is 791. The van der Waals surface area contributed by atoms with E-state index in [0.29, 0.717) is 12.4 Å². The molecule has 3 rings (SSSR count). The summed E-state index contributed by atoms with van der Waals surface area (Å²) in [5.41, 5.74) is 2.92. The van der Waals surface area contributed by atoms with E-state index >= 15 is 0 Å². The summed E-state index contributed by atoms with van der Waals surface area (Å²) in [4.78, 5) is 10.3. The third kappa shape index (κ3) is 3.86. The van der Waals surface area contributed by atoms with E-state index < -0.39 is 0 Å². The van der Waals surface area contributed by atoms with Crippen LogP contribution >= 0.6 is 11.8 Å². The number of thioether (sulfide) groups is 1. The van der Waals surface area contributed by atoms with Gasteiger partial charge in [-0.15, -0.1) is 11.8 Å². The highest BCUT2D eigenvalue weighted by atomic mass is 32.2. The summed E-state index contributed by atoms with van der Waals surface area (Å²) in [5.74, 6) is 1.25. The fourth-order valence-electron chi connectivity index (χ4n) is 2.34. The second-order valence-electron chi connectivity index (χ2n) is 5.18. The van der Waals surface area contributed by atoms with E-state index in [1.165, 1.54) is 10.5 Å². The van der Waals surface area contributed by atoms with Gasteiger partial charge in [0.15, 0.2) is 0 Å².